The highest BCUT2D eigenvalue weighted by atomic mass is 35.5. The molecule has 0 saturated heterocycles. The molecule has 4 nitrogen and oxygen atoms in total. The Morgan fingerprint density at radius 3 is 2.50 bits per heavy atom. The highest BCUT2D eigenvalue weighted by Gasteiger charge is 2.07. The van der Waals surface area contributed by atoms with Crippen LogP contribution < -0.4 is 21.5 Å². The van der Waals surface area contributed by atoms with Crippen molar-refractivity contribution in [3.8, 4) is 0 Å². The third-order valence-corrected chi connectivity index (χ3v) is 3.12. The first kappa shape index (κ1) is 16.7. The summed E-state index contributed by atoms with van der Waals surface area (Å²) in [5, 5.41) is 7.38. The molecule has 20 heavy (non-hydrogen) atoms. The van der Waals surface area contributed by atoms with Crippen molar-refractivity contribution in [3.63, 3.8) is 0 Å². The minimum Gasteiger partial charge on any atom is -0.358 e. The number of halogens is 1. The fourth-order valence-corrected chi connectivity index (χ4v) is 2.20. The van der Waals surface area contributed by atoms with Gasteiger partial charge in [-0.05, 0) is 55.5 Å². The third kappa shape index (κ3) is 5.32. The Morgan fingerprint density at radius 2 is 1.90 bits per heavy atom. The van der Waals surface area contributed by atoms with E-state index in [2.05, 4.69) is 28.1 Å². The molecule has 0 aliphatic rings. The highest BCUT2D eigenvalue weighted by Crippen LogP contribution is 2.27. The van der Waals surface area contributed by atoms with Crippen LogP contribution in [0.1, 0.15) is 11.1 Å². The van der Waals surface area contributed by atoms with Crippen molar-refractivity contribution < 1.29 is 0 Å². The summed E-state index contributed by atoms with van der Waals surface area (Å²) in [4.78, 5) is 0. The molecule has 0 aliphatic carbocycles. The Morgan fingerprint density at radius 1 is 1.25 bits per heavy atom. The lowest BCUT2D eigenvalue weighted by atomic mass is 10.1. The van der Waals surface area contributed by atoms with Gasteiger partial charge < -0.3 is 10.6 Å². The molecule has 0 amide bonds. The zero-order chi connectivity index (χ0) is 15.1. The van der Waals surface area contributed by atoms with Crippen molar-refractivity contribution in [2.45, 2.75) is 13.8 Å². The minimum atomic E-state index is 0.376. The Kier molecular flexibility index (Phi) is 6.70. The Labute approximate surface area is 134 Å². The number of nitrogens with one attached hydrogen (secondary N) is 4. The van der Waals surface area contributed by atoms with E-state index in [0.29, 0.717) is 21.8 Å². The largest absolute Gasteiger partial charge is 0.358 e. The molecule has 0 saturated carbocycles. The van der Waals surface area contributed by atoms with Crippen LogP contribution in [-0.4, -0.2) is 16.8 Å². The fraction of sp³-hybridized carbons (Fsp3) is 0.231. The molecule has 0 bridgehead atoms. The Balaban J connectivity index is 2.55. The fourth-order valence-electron chi connectivity index (χ4n) is 1.54. The van der Waals surface area contributed by atoms with E-state index in [-0.39, 0.29) is 0 Å². The molecule has 0 atom stereocenters. The predicted molar refractivity (Wildman–Crippen MR) is 94.2 cm³/mol. The lowest BCUT2D eigenvalue weighted by Gasteiger charge is -2.16. The van der Waals surface area contributed by atoms with Crippen molar-refractivity contribution in [1.29, 1.82) is 0 Å². The zero-order valence-corrected chi connectivity index (χ0v) is 13.7. The number of hydrogen-bond acceptors (Lipinski definition) is 2. The van der Waals surface area contributed by atoms with E-state index < -0.39 is 0 Å². The molecule has 0 fully saturated rings. The van der Waals surface area contributed by atoms with Gasteiger partial charge in [0.25, 0.3) is 0 Å². The second-order valence-corrected chi connectivity index (χ2v) is 5.37. The molecule has 0 spiro atoms. The van der Waals surface area contributed by atoms with E-state index >= 15 is 0 Å². The summed E-state index contributed by atoms with van der Waals surface area (Å²) < 4.78 is 0. The van der Waals surface area contributed by atoms with Crippen LogP contribution in [0.4, 0.5) is 5.69 Å². The average molecular weight is 329 g/mol. The highest BCUT2D eigenvalue weighted by molar-refractivity contribution is 7.80. The van der Waals surface area contributed by atoms with Crippen molar-refractivity contribution >= 4 is 51.9 Å². The molecule has 0 radical (unpaired) electrons. The summed E-state index contributed by atoms with van der Waals surface area (Å²) in [7, 11) is 0. The number of hydrogen-bond donors (Lipinski definition) is 4. The Bertz CT molecular complexity index is 508. The van der Waals surface area contributed by atoms with Crippen molar-refractivity contribution in [1.82, 2.24) is 16.2 Å². The van der Waals surface area contributed by atoms with Gasteiger partial charge >= 0.3 is 0 Å². The van der Waals surface area contributed by atoms with Crippen molar-refractivity contribution in [2.24, 2.45) is 0 Å². The number of thiocarbonyl (C=S) groups is 2. The van der Waals surface area contributed by atoms with Crippen LogP contribution in [-0.2, 0) is 0 Å². The second kappa shape index (κ2) is 8.04. The number of rotatable bonds is 3. The first-order valence-electron chi connectivity index (χ1n) is 5.92. The standard InChI is InChI=1S/C13H17ClN4S2/c1-4-5-15-12(19)17-18-13(20)16-11-9(3)6-8(2)7-10(11)14/h4,6-7H,1,5H2,2-3H3,(H2,15,17,19)(H2,16,18,20). The maximum Gasteiger partial charge on any atom is 0.189 e. The van der Waals surface area contributed by atoms with E-state index in [1.165, 1.54) is 0 Å². The average Bonchev–Trinajstić information content (AvgIpc) is 2.38. The molecular formula is C13H17ClN4S2. The zero-order valence-electron chi connectivity index (χ0n) is 11.3. The van der Waals surface area contributed by atoms with Crippen LogP contribution in [0.2, 0.25) is 5.02 Å². The van der Waals surface area contributed by atoms with E-state index in [1.54, 1.807) is 6.08 Å². The topological polar surface area (TPSA) is 48.1 Å². The lowest BCUT2D eigenvalue weighted by Crippen LogP contribution is -2.48. The summed E-state index contributed by atoms with van der Waals surface area (Å²) in [6, 6.07) is 3.91. The van der Waals surface area contributed by atoms with Crippen LogP contribution in [0.3, 0.4) is 0 Å². The van der Waals surface area contributed by atoms with Crippen LogP contribution >= 0.6 is 36.0 Å². The van der Waals surface area contributed by atoms with E-state index in [9.17, 15) is 0 Å². The van der Waals surface area contributed by atoms with Gasteiger partial charge in [-0.1, -0.05) is 23.7 Å². The summed E-state index contributed by atoms with van der Waals surface area (Å²) in [5.41, 5.74) is 8.45. The number of hydrazine groups is 1. The number of aryl methyl sites for hydroxylation is 2. The molecular weight excluding hydrogens is 312 g/mol. The SMILES string of the molecule is C=CCNC(=S)NNC(=S)Nc1c(C)cc(C)cc1Cl. The molecule has 0 aliphatic heterocycles. The van der Waals surface area contributed by atoms with Gasteiger partial charge in [-0.3, -0.25) is 10.9 Å². The lowest BCUT2D eigenvalue weighted by molar-refractivity contribution is 0.839. The molecule has 4 N–H and O–H groups in total. The normalized spacial score (nSPS) is 9.55. The maximum absolute atomic E-state index is 6.19. The van der Waals surface area contributed by atoms with E-state index in [4.69, 9.17) is 36.0 Å². The summed E-state index contributed by atoms with van der Waals surface area (Å²) in [5.74, 6) is 0. The van der Waals surface area contributed by atoms with Crippen molar-refractivity contribution in [3.05, 3.63) is 40.9 Å². The summed E-state index contributed by atoms with van der Waals surface area (Å²) in [6.07, 6.45) is 1.71. The van der Waals surface area contributed by atoms with Crippen LogP contribution in [0.5, 0.6) is 0 Å². The minimum absolute atomic E-state index is 0.376. The van der Waals surface area contributed by atoms with E-state index in [0.717, 1.165) is 16.8 Å². The Hall–Kier alpha value is -1.37. The maximum atomic E-state index is 6.19. The molecule has 0 heterocycles. The summed E-state index contributed by atoms with van der Waals surface area (Å²) >= 11 is 16.4. The van der Waals surface area contributed by atoms with Gasteiger partial charge in [0.1, 0.15) is 0 Å². The van der Waals surface area contributed by atoms with Gasteiger partial charge in [-0.2, -0.15) is 0 Å². The van der Waals surface area contributed by atoms with Gasteiger partial charge in [-0.25, -0.2) is 0 Å². The molecule has 1 aromatic rings. The van der Waals surface area contributed by atoms with Gasteiger partial charge in [0.15, 0.2) is 10.2 Å². The third-order valence-electron chi connectivity index (χ3n) is 2.37. The quantitative estimate of drug-likeness (QED) is 0.389. The monoisotopic (exact) mass is 328 g/mol. The molecule has 0 aromatic heterocycles. The number of anilines is 1. The molecule has 108 valence electrons. The molecule has 1 rings (SSSR count). The van der Waals surface area contributed by atoms with Crippen LogP contribution in [0, 0.1) is 13.8 Å². The molecule has 0 unspecified atom stereocenters. The smallest absolute Gasteiger partial charge is 0.189 e. The van der Waals surface area contributed by atoms with Crippen LogP contribution in [0.25, 0.3) is 0 Å². The van der Waals surface area contributed by atoms with E-state index in [1.807, 2.05) is 26.0 Å². The van der Waals surface area contributed by atoms with Crippen molar-refractivity contribution in [2.75, 3.05) is 11.9 Å². The second-order valence-electron chi connectivity index (χ2n) is 4.14. The molecule has 1 aromatic carbocycles. The van der Waals surface area contributed by atoms with Gasteiger partial charge in [0.2, 0.25) is 0 Å². The first-order chi connectivity index (χ1) is 9.43. The van der Waals surface area contributed by atoms with Gasteiger partial charge in [0.05, 0.1) is 10.7 Å². The number of benzene rings is 1. The van der Waals surface area contributed by atoms with Gasteiger partial charge in [0, 0.05) is 6.54 Å². The summed E-state index contributed by atoms with van der Waals surface area (Å²) in [6.45, 7) is 8.12. The molecule has 7 heteroatoms. The predicted octanol–water partition coefficient (Wildman–Crippen LogP) is 2.81. The van der Waals surface area contributed by atoms with Crippen LogP contribution in [0.15, 0.2) is 24.8 Å². The first-order valence-corrected chi connectivity index (χ1v) is 7.12. The van der Waals surface area contributed by atoms with Gasteiger partial charge in [-0.15, -0.1) is 6.58 Å².